The molecule has 0 aliphatic carbocycles. The molecule has 6 nitrogen and oxygen atoms in total. The molecule has 8 heteroatoms. The Morgan fingerprint density at radius 3 is 2.24 bits per heavy atom. The van der Waals surface area contributed by atoms with Crippen LogP contribution in [0.5, 0.6) is 17.2 Å². The highest BCUT2D eigenvalue weighted by molar-refractivity contribution is 7.16. The third-order valence-corrected chi connectivity index (χ3v) is 5.22. The molecule has 0 aliphatic heterocycles. The molecule has 0 spiro atoms. The lowest BCUT2D eigenvalue weighted by Gasteiger charge is -2.16. The molecule has 1 heterocycles. The zero-order valence-corrected chi connectivity index (χ0v) is 17.6. The lowest BCUT2D eigenvalue weighted by Crippen LogP contribution is -2.14. The summed E-state index contributed by atoms with van der Waals surface area (Å²) in [4.78, 5) is 17.5. The van der Waals surface area contributed by atoms with Crippen molar-refractivity contribution in [2.45, 2.75) is 20.8 Å². The van der Waals surface area contributed by atoms with E-state index in [2.05, 4.69) is 4.99 Å². The first-order chi connectivity index (χ1) is 14.0. The molecular formula is C21H23FN2O4S. The molecule has 0 atom stereocenters. The number of amides is 1. The molecule has 0 bridgehead atoms. The van der Waals surface area contributed by atoms with Gasteiger partial charge in [0, 0.05) is 12.6 Å². The Hall–Kier alpha value is -2.87. The van der Waals surface area contributed by atoms with Gasteiger partial charge in [-0.15, -0.1) is 0 Å². The maximum atomic E-state index is 14.1. The van der Waals surface area contributed by atoms with Crippen LogP contribution in [-0.4, -0.2) is 30.3 Å². The minimum atomic E-state index is -0.475. The van der Waals surface area contributed by atoms with Gasteiger partial charge in [-0.2, -0.15) is 4.99 Å². The van der Waals surface area contributed by atoms with Gasteiger partial charge in [0.15, 0.2) is 16.3 Å². The molecule has 0 radical (unpaired) electrons. The van der Waals surface area contributed by atoms with E-state index in [1.165, 1.54) is 17.4 Å². The third-order valence-electron chi connectivity index (χ3n) is 4.13. The van der Waals surface area contributed by atoms with Crippen LogP contribution in [0.15, 0.2) is 35.3 Å². The van der Waals surface area contributed by atoms with Gasteiger partial charge in [-0.25, -0.2) is 4.39 Å². The number of hydrogen-bond donors (Lipinski definition) is 0. The van der Waals surface area contributed by atoms with Crippen molar-refractivity contribution in [2.75, 3.05) is 19.8 Å². The Balaban J connectivity index is 2.10. The van der Waals surface area contributed by atoms with E-state index >= 15 is 0 Å². The Kier molecular flexibility index (Phi) is 6.53. The van der Waals surface area contributed by atoms with E-state index in [0.29, 0.717) is 53.0 Å². The highest BCUT2D eigenvalue weighted by atomic mass is 32.1. The third kappa shape index (κ3) is 4.27. The lowest BCUT2D eigenvalue weighted by atomic mass is 10.1. The predicted octanol–water partition coefficient (Wildman–Crippen LogP) is 4.32. The van der Waals surface area contributed by atoms with Crippen LogP contribution in [0.4, 0.5) is 4.39 Å². The van der Waals surface area contributed by atoms with Crippen LogP contribution >= 0.6 is 11.3 Å². The molecule has 0 saturated carbocycles. The predicted molar refractivity (Wildman–Crippen MR) is 111 cm³/mol. The molecular weight excluding hydrogens is 395 g/mol. The standard InChI is InChI=1S/C21H23FN2O4S/c1-5-26-15-11-13(12-16(27-6-2)19(15)28-7-3)20(25)23-21-24(4)18-14(22)9-8-10-17(18)29-21/h8-12H,5-7H2,1-4H3. The number of ether oxygens (including phenoxy) is 3. The highest BCUT2D eigenvalue weighted by Gasteiger charge is 2.18. The molecule has 3 rings (SSSR count). The molecule has 0 saturated heterocycles. The molecule has 0 N–H and O–H groups in total. The molecule has 154 valence electrons. The van der Waals surface area contributed by atoms with E-state index in [1.807, 2.05) is 20.8 Å². The second kappa shape index (κ2) is 9.09. The molecule has 1 aromatic heterocycles. The number of fused-ring (bicyclic) bond motifs is 1. The van der Waals surface area contributed by atoms with E-state index in [4.69, 9.17) is 14.2 Å². The first-order valence-corrected chi connectivity index (χ1v) is 10.2. The van der Waals surface area contributed by atoms with Crippen molar-refractivity contribution in [2.24, 2.45) is 12.0 Å². The summed E-state index contributed by atoms with van der Waals surface area (Å²) in [5, 5.41) is 0. The fourth-order valence-electron chi connectivity index (χ4n) is 2.93. The second-order valence-electron chi connectivity index (χ2n) is 6.05. The average Bonchev–Trinajstić information content (AvgIpc) is 3.01. The Morgan fingerprint density at radius 2 is 1.69 bits per heavy atom. The molecule has 0 unspecified atom stereocenters. The van der Waals surface area contributed by atoms with Crippen LogP contribution in [0.3, 0.4) is 0 Å². The molecule has 0 fully saturated rings. The summed E-state index contributed by atoms with van der Waals surface area (Å²) >= 11 is 1.25. The second-order valence-corrected chi connectivity index (χ2v) is 7.06. The number of carbonyl (C=O) groups excluding carboxylic acids is 1. The smallest absolute Gasteiger partial charge is 0.279 e. The normalized spacial score (nSPS) is 11.7. The zero-order valence-electron chi connectivity index (χ0n) is 16.8. The fourth-order valence-corrected chi connectivity index (χ4v) is 3.96. The summed E-state index contributed by atoms with van der Waals surface area (Å²) in [6.07, 6.45) is 0. The number of para-hydroxylation sites is 1. The molecule has 2 aromatic carbocycles. The van der Waals surface area contributed by atoms with E-state index in [9.17, 15) is 9.18 Å². The Labute approximate surface area is 172 Å². The van der Waals surface area contributed by atoms with Gasteiger partial charge in [-0.05, 0) is 45.0 Å². The number of carbonyl (C=O) groups is 1. The van der Waals surface area contributed by atoms with Gasteiger partial charge < -0.3 is 18.8 Å². The lowest BCUT2D eigenvalue weighted by molar-refractivity contribution is 0.0996. The molecule has 3 aromatic rings. The summed E-state index contributed by atoms with van der Waals surface area (Å²) in [6, 6.07) is 8.00. The summed E-state index contributed by atoms with van der Waals surface area (Å²) < 4.78 is 33.4. The highest BCUT2D eigenvalue weighted by Crippen LogP contribution is 2.39. The SMILES string of the molecule is CCOc1cc(C(=O)N=c2sc3cccc(F)c3n2C)cc(OCC)c1OCC. The Bertz CT molecular complexity index is 1080. The number of hydrogen-bond acceptors (Lipinski definition) is 5. The maximum Gasteiger partial charge on any atom is 0.279 e. The van der Waals surface area contributed by atoms with Crippen LogP contribution in [0.2, 0.25) is 0 Å². The fraction of sp³-hybridized carbons (Fsp3) is 0.333. The minimum absolute atomic E-state index is 0.304. The topological polar surface area (TPSA) is 62.0 Å². The van der Waals surface area contributed by atoms with Crippen molar-refractivity contribution < 1.29 is 23.4 Å². The molecule has 29 heavy (non-hydrogen) atoms. The van der Waals surface area contributed by atoms with Crippen LogP contribution in [0.1, 0.15) is 31.1 Å². The van der Waals surface area contributed by atoms with Crippen LogP contribution < -0.4 is 19.0 Å². The summed E-state index contributed by atoms with van der Waals surface area (Å²) in [6.45, 7) is 6.80. The first kappa shape index (κ1) is 20.9. The largest absolute Gasteiger partial charge is 0.490 e. The quantitative estimate of drug-likeness (QED) is 0.573. The van der Waals surface area contributed by atoms with Crippen molar-refractivity contribution in [1.82, 2.24) is 4.57 Å². The van der Waals surface area contributed by atoms with Gasteiger partial charge in [0.1, 0.15) is 5.82 Å². The number of rotatable bonds is 7. The minimum Gasteiger partial charge on any atom is -0.490 e. The van der Waals surface area contributed by atoms with Crippen LogP contribution in [0.25, 0.3) is 10.2 Å². The maximum absolute atomic E-state index is 14.1. The number of thiazole rings is 1. The van der Waals surface area contributed by atoms with Gasteiger partial charge in [-0.1, -0.05) is 17.4 Å². The average molecular weight is 418 g/mol. The van der Waals surface area contributed by atoms with Crippen LogP contribution in [-0.2, 0) is 7.05 Å². The van der Waals surface area contributed by atoms with E-state index in [1.54, 1.807) is 35.9 Å². The van der Waals surface area contributed by atoms with Gasteiger partial charge in [-0.3, -0.25) is 4.79 Å². The van der Waals surface area contributed by atoms with Crippen molar-refractivity contribution >= 4 is 27.5 Å². The van der Waals surface area contributed by atoms with E-state index in [0.717, 1.165) is 4.70 Å². The summed E-state index contributed by atoms with van der Waals surface area (Å²) in [7, 11) is 1.68. The van der Waals surface area contributed by atoms with Crippen molar-refractivity contribution in [3.05, 3.63) is 46.5 Å². The van der Waals surface area contributed by atoms with Gasteiger partial charge in [0.2, 0.25) is 5.75 Å². The van der Waals surface area contributed by atoms with Gasteiger partial charge >= 0.3 is 0 Å². The van der Waals surface area contributed by atoms with Crippen molar-refractivity contribution in [3.8, 4) is 17.2 Å². The molecule has 1 amide bonds. The van der Waals surface area contributed by atoms with E-state index in [-0.39, 0.29) is 5.82 Å². The van der Waals surface area contributed by atoms with Gasteiger partial charge in [0.05, 0.1) is 30.0 Å². The van der Waals surface area contributed by atoms with Crippen LogP contribution in [0, 0.1) is 5.82 Å². The number of nitrogens with zero attached hydrogens (tertiary/aromatic N) is 2. The number of benzene rings is 2. The summed E-state index contributed by atoms with van der Waals surface area (Å²) in [5.41, 5.74) is 0.721. The van der Waals surface area contributed by atoms with E-state index < -0.39 is 5.91 Å². The Morgan fingerprint density at radius 1 is 1.07 bits per heavy atom. The van der Waals surface area contributed by atoms with Crippen molar-refractivity contribution in [3.63, 3.8) is 0 Å². The summed E-state index contributed by atoms with van der Waals surface area (Å²) in [5.74, 6) is 0.476. The monoisotopic (exact) mass is 418 g/mol. The number of halogens is 1. The number of aryl methyl sites for hydroxylation is 1. The first-order valence-electron chi connectivity index (χ1n) is 9.39. The molecule has 0 aliphatic rings. The number of aromatic nitrogens is 1. The van der Waals surface area contributed by atoms with Crippen molar-refractivity contribution in [1.29, 1.82) is 0 Å². The zero-order chi connectivity index (χ0) is 21.0. The van der Waals surface area contributed by atoms with Gasteiger partial charge in [0.25, 0.3) is 5.91 Å².